The molecule has 3 aliphatic rings. The van der Waals surface area contributed by atoms with Crippen molar-refractivity contribution in [2.75, 3.05) is 45.1 Å². The van der Waals surface area contributed by atoms with Crippen LogP contribution in [0.5, 0.6) is 0 Å². The molecule has 4 amide bonds. The number of carbonyl (C=O) groups is 4. The molecule has 15 nitrogen and oxygen atoms in total. The molecule has 0 aliphatic carbocycles. The molecule has 1 aromatic heterocycles. The zero-order valence-electron chi connectivity index (χ0n) is 31.7. The molecule has 3 atom stereocenters. The average Bonchev–Trinajstić information content (AvgIpc) is 3.24. The number of nitrogens with one attached hydrogen (secondary N) is 2. The van der Waals surface area contributed by atoms with Crippen LogP contribution in [0, 0.1) is 11.8 Å². The predicted molar refractivity (Wildman–Crippen MR) is 206 cm³/mol. The highest BCUT2D eigenvalue weighted by atomic mass is 16.6. The molecule has 0 unspecified atom stereocenters. The third kappa shape index (κ3) is 11.4. The highest BCUT2D eigenvalue weighted by Crippen LogP contribution is 2.26. The molecule has 3 aromatic rings. The van der Waals surface area contributed by atoms with E-state index >= 15 is 0 Å². The summed E-state index contributed by atoms with van der Waals surface area (Å²) >= 11 is 0. The van der Waals surface area contributed by atoms with Gasteiger partial charge in [0.05, 0.1) is 13.2 Å². The molecule has 0 radical (unpaired) electrons. The van der Waals surface area contributed by atoms with E-state index in [4.69, 9.17) is 30.4 Å². The first-order valence-corrected chi connectivity index (χ1v) is 19.4. The van der Waals surface area contributed by atoms with Crippen LogP contribution in [0.1, 0.15) is 54.4 Å². The highest BCUT2D eigenvalue weighted by molar-refractivity contribution is 5.79. The largest absolute Gasteiger partial charge is 0.447 e. The Bertz CT molecular complexity index is 1730. The summed E-state index contributed by atoms with van der Waals surface area (Å²) in [6, 6.07) is 21.0. The van der Waals surface area contributed by atoms with E-state index in [1.54, 1.807) is 22.1 Å². The molecule has 0 bridgehead atoms. The molecule has 6 rings (SSSR count). The molecule has 3 fully saturated rings. The third-order valence-electron chi connectivity index (χ3n) is 10.7. The van der Waals surface area contributed by atoms with Gasteiger partial charge >= 0.3 is 12.2 Å². The summed E-state index contributed by atoms with van der Waals surface area (Å²) < 4.78 is 24.2. The van der Waals surface area contributed by atoms with Gasteiger partial charge in [0.15, 0.2) is 0 Å². The molecule has 2 aromatic carbocycles. The van der Waals surface area contributed by atoms with Crippen LogP contribution in [-0.4, -0.2) is 96.5 Å². The van der Waals surface area contributed by atoms with Crippen LogP contribution in [0.2, 0.25) is 0 Å². The lowest BCUT2D eigenvalue weighted by molar-refractivity contribution is -0.178. The predicted octanol–water partition coefficient (Wildman–Crippen LogP) is 3.50. The van der Waals surface area contributed by atoms with E-state index in [0.29, 0.717) is 83.7 Å². The van der Waals surface area contributed by atoms with Crippen LogP contribution in [0.15, 0.2) is 72.9 Å². The van der Waals surface area contributed by atoms with E-state index in [2.05, 4.69) is 15.6 Å². The van der Waals surface area contributed by atoms with Gasteiger partial charge in [-0.1, -0.05) is 60.7 Å². The van der Waals surface area contributed by atoms with Crippen LogP contribution in [0.25, 0.3) is 0 Å². The van der Waals surface area contributed by atoms with Gasteiger partial charge in [0.25, 0.3) is 0 Å². The smallest absolute Gasteiger partial charge is 0.410 e. The Morgan fingerprint density at radius 1 is 0.732 bits per heavy atom. The first kappa shape index (κ1) is 40.4. The number of amides is 4. The Labute approximate surface area is 327 Å². The van der Waals surface area contributed by atoms with Crippen molar-refractivity contribution in [3.05, 3.63) is 95.2 Å². The van der Waals surface area contributed by atoms with Crippen molar-refractivity contribution >= 4 is 29.8 Å². The van der Waals surface area contributed by atoms with Gasteiger partial charge in [0.2, 0.25) is 11.8 Å². The summed E-state index contributed by atoms with van der Waals surface area (Å²) in [4.78, 5) is 59.7. The SMILES string of the molecule is NCc1ccc(CNC(=O)C2CCN(C(=O)OC[C@H]3OCC[C@@H](OC(=O)N4CCC(C(=O)NCc5ccc(N)nc5)CC4)[C@@H]3OCc3ccccc3)CC2)cc1. The van der Waals surface area contributed by atoms with Gasteiger partial charge < -0.3 is 50.8 Å². The number of benzene rings is 2. The van der Waals surface area contributed by atoms with Gasteiger partial charge in [-0.2, -0.15) is 0 Å². The third-order valence-corrected chi connectivity index (χ3v) is 10.7. The Balaban J connectivity index is 0.969. The zero-order chi connectivity index (χ0) is 39.3. The number of anilines is 1. The number of rotatable bonds is 13. The number of hydrogen-bond acceptors (Lipinski definition) is 11. The van der Waals surface area contributed by atoms with Gasteiger partial charge in [-0.3, -0.25) is 9.59 Å². The number of aromatic nitrogens is 1. The Hall–Kier alpha value is -5.25. The molecule has 15 heteroatoms. The molecular weight excluding hydrogens is 718 g/mol. The lowest BCUT2D eigenvalue weighted by Crippen LogP contribution is -2.52. The maximum absolute atomic E-state index is 13.5. The summed E-state index contributed by atoms with van der Waals surface area (Å²) in [5, 5.41) is 5.96. The molecule has 0 spiro atoms. The van der Waals surface area contributed by atoms with E-state index in [9.17, 15) is 19.2 Å². The summed E-state index contributed by atoms with van der Waals surface area (Å²) in [6.45, 7) is 3.22. The number of carbonyl (C=O) groups excluding carboxylic acids is 4. The van der Waals surface area contributed by atoms with Crippen LogP contribution in [0.4, 0.5) is 15.4 Å². The fourth-order valence-electron chi connectivity index (χ4n) is 7.18. The number of hydrogen-bond donors (Lipinski definition) is 4. The average molecular weight is 772 g/mol. The van der Waals surface area contributed by atoms with Gasteiger partial charge in [-0.25, -0.2) is 14.6 Å². The van der Waals surface area contributed by atoms with Crippen molar-refractivity contribution in [1.29, 1.82) is 0 Å². The Morgan fingerprint density at radius 3 is 1.93 bits per heavy atom. The van der Waals surface area contributed by atoms with Crippen molar-refractivity contribution in [3.8, 4) is 0 Å². The molecule has 4 heterocycles. The molecule has 56 heavy (non-hydrogen) atoms. The highest BCUT2D eigenvalue weighted by Gasteiger charge is 2.40. The number of nitrogens with two attached hydrogens (primary N) is 2. The number of nitrogen functional groups attached to an aromatic ring is 1. The standard InChI is InChI=1S/C41H53N7O8/c42-22-28-6-8-29(9-7-28)23-45-38(49)32-12-17-47(18-13-32)40(51)55-27-35-37(54-26-30-4-2-1-3-5-30)34(16-21-53-35)56-41(52)48-19-14-33(15-20-48)39(50)46-25-31-10-11-36(43)44-24-31/h1-11,24,32-35,37H,12-23,25-27,42H2,(H2,43,44)(H,45,49)(H,46,50)/t34-,35-,37+/m1/s1. The van der Waals surface area contributed by atoms with Gasteiger partial charge in [0, 0.05) is 70.3 Å². The molecule has 300 valence electrons. The van der Waals surface area contributed by atoms with E-state index in [-0.39, 0.29) is 43.5 Å². The Kier molecular flexibility index (Phi) is 14.5. The molecule has 0 saturated carbocycles. The molecule has 3 saturated heterocycles. The van der Waals surface area contributed by atoms with Crippen molar-refractivity contribution < 1.29 is 38.1 Å². The lowest BCUT2D eigenvalue weighted by atomic mass is 9.96. The first-order chi connectivity index (χ1) is 27.2. The number of pyridine rings is 1. The van der Waals surface area contributed by atoms with E-state index in [1.165, 1.54) is 0 Å². The van der Waals surface area contributed by atoms with Crippen LogP contribution in [0.3, 0.4) is 0 Å². The van der Waals surface area contributed by atoms with Crippen LogP contribution >= 0.6 is 0 Å². The van der Waals surface area contributed by atoms with Crippen molar-refractivity contribution in [2.24, 2.45) is 17.6 Å². The van der Waals surface area contributed by atoms with Gasteiger partial charge in [-0.05, 0) is 54.0 Å². The maximum Gasteiger partial charge on any atom is 0.410 e. The van der Waals surface area contributed by atoms with Crippen molar-refractivity contribution in [1.82, 2.24) is 25.4 Å². The van der Waals surface area contributed by atoms with Crippen LogP contribution < -0.4 is 22.1 Å². The Morgan fingerprint density at radius 2 is 1.32 bits per heavy atom. The summed E-state index contributed by atoms with van der Waals surface area (Å²) in [5.41, 5.74) is 15.1. The van der Waals surface area contributed by atoms with Crippen molar-refractivity contribution in [2.45, 2.75) is 76.7 Å². The lowest BCUT2D eigenvalue weighted by Gasteiger charge is -2.39. The second-order valence-electron chi connectivity index (χ2n) is 14.5. The number of piperidine rings is 2. The monoisotopic (exact) mass is 771 g/mol. The first-order valence-electron chi connectivity index (χ1n) is 19.4. The molecule has 3 aliphatic heterocycles. The second-order valence-corrected chi connectivity index (χ2v) is 14.5. The minimum absolute atomic E-state index is 0.0335. The van der Waals surface area contributed by atoms with Crippen molar-refractivity contribution in [3.63, 3.8) is 0 Å². The van der Waals surface area contributed by atoms with Gasteiger partial charge in [0.1, 0.15) is 30.7 Å². The fraction of sp³-hybridized carbons (Fsp3) is 0.488. The molecular formula is C41H53N7O8. The summed E-state index contributed by atoms with van der Waals surface area (Å²) in [5.74, 6) is -0.105. The van der Waals surface area contributed by atoms with Crippen LogP contribution in [-0.2, 0) is 54.8 Å². The zero-order valence-corrected chi connectivity index (χ0v) is 31.7. The van der Waals surface area contributed by atoms with E-state index in [1.807, 2.05) is 60.7 Å². The number of nitrogens with zero attached hydrogens (tertiary/aromatic N) is 3. The second kappa shape index (κ2) is 20.1. The minimum Gasteiger partial charge on any atom is -0.447 e. The topological polar surface area (TPSA) is 201 Å². The summed E-state index contributed by atoms with van der Waals surface area (Å²) in [7, 11) is 0. The quantitative estimate of drug-likeness (QED) is 0.198. The normalized spacial score (nSPS) is 20.6. The molecule has 6 N–H and O–H groups in total. The minimum atomic E-state index is -0.701. The fourth-order valence-corrected chi connectivity index (χ4v) is 7.18. The maximum atomic E-state index is 13.5. The van der Waals surface area contributed by atoms with Gasteiger partial charge in [-0.15, -0.1) is 0 Å². The number of ether oxygens (including phenoxy) is 4. The van der Waals surface area contributed by atoms with E-state index < -0.39 is 30.5 Å². The van der Waals surface area contributed by atoms with E-state index in [0.717, 1.165) is 22.3 Å². The summed E-state index contributed by atoms with van der Waals surface area (Å²) in [6.07, 6.45) is 1.10. The number of likely N-dealkylation sites (tertiary alicyclic amines) is 2.